The van der Waals surface area contributed by atoms with E-state index in [0.29, 0.717) is 6.54 Å². The van der Waals surface area contributed by atoms with Gasteiger partial charge in [0, 0.05) is 31.7 Å². The first-order chi connectivity index (χ1) is 11.5. The predicted octanol–water partition coefficient (Wildman–Crippen LogP) is 3.48. The molecule has 0 heterocycles. The van der Waals surface area contributed by atoms with Crippen molar-refractivity contribution in [2.45, 2.75) is 46.0 Å². The first-order valence-corrected chi connectivity index (χ1v) is 8.85. The van der Waals surface area contributed by atoms with Gasteiger partial charge >= 0.3 is 0 Å². The van der Waals surface area contributed by atoms with Gasteiger partial charge in [-0.1, -0.05) is 26.0 Å². The summed E-state index contributed by atoms with van der Waals surface area (Å²) in [6.45, 7) is 12.0. The molecule has 0 aromatic heterocycles. The van der Waals surface area contributed by atoms with Crippen molar-refractivity contribution in [3.63, 3.8) is 0 Å². The molecule has 0 radical (unpaired) electrons. The zero-order valence-corrected chi connectivity index (χ0v) is 15.5. The van der Waals surface area contributed by atoms with Crippen LogP contribution in [0.2, 0.25) is 0 Å². The van der Waals surface area contributed by atoms with Crippen LogP contribution in [0.1, 0.15) is 46.1 Å². The molecule has 4 nitrogen and oxygen atoms in total. The molecule has 0 atom stereocenters. The Morgan fingerprint density at radius 3 is 2.67 bits per heavy atom. The van der Waals surface area contributed by atoms with E-state index in [1.54, 1.807) is 12.1 Å². The zero-order chi connectivity index (χ0) is 17.8. The molecule has 0 bridgehead atoms. The summed E-state index contributed by atoms with van der Waals surface area (Å²) in [5.74, 6) is 0.599. The highest BCUT2D eigenvalue weighted by Crippen LogP contribution is 2.24. The second-order valence-electron chi connectivity index (χ2n) is 6.42. The van der Waals surface area contributed by atoms with Crippen molar-refractivity contribution >= 4 is 5.96 Å². The molecule has 0 aliphatic carbocycles. The van der Waals surface area contributed by atoms with E-state index in [9.17, 15) is 4.39 Å². The molecule has 0 unspecified atom stereocenters. The van der Waals surface area contributed by atoms with Gasteiger partial charge in [0.2, 0.25) is 0 Å². The van der Waals surface area contributed by atoms with E-state index < -0.39 is 0 Å². The number of hydrogen-bond donors (Lipinski definition) is 2. The topological polar surface area (TPSA) is 45.7 Å². The number of guanidine groups is 1. The van der Waals surface area contributed by atoms with E-state index in [2.05, 4.69) is 29.5 Å². The minimum Gasteiger partial charge on any atom is -0.382 e. The molecule has 2 N–H and O–H groups in total. The Hall–Kier alpha value is -1.62. The molecule has 0 spiro atoms. The Kier molecular flexibility index (Phi) is 9.38. The monoisotopic (exact) mass is 337 g/mol. The van der Waals surface area contributed by atoms with Gasteiger partial charge in [0.25, 0.3) is 0 Å². The van der Waals surface area contributed by atoms with Gasteiger partial charge in [-0.2, -0.15) is 0 Å². The lowest BCUT2D eigenvalue weighted by atomic mass is 9.85. The first kappa shape index (κ1) is 20.4. The largest absolute Gasteiger partial charge is 0.382 e. The highest BCUT2D eigenvalue weighted by molar-refractivity contribution is 5.79. The summed E-state index contributed by atoms with van der Waals surface area (Å²) in [6.07, 6.45) is 2.08. The summed E-state index contributed by atoms with van der Waals surface area (Å²) in [5.41, 5.74) is 0.734. The molecule has 1 aromatic carbocycles. The third-order valence-corrected chi connectivity index (χ3v) is 3.79. The molecule has 0 fully saturated rings. The van der Waals surface area contributed by atoms with Gasteiger partial charge < -0.3 is 15.4 Å². The standard InChI is InChI=1S/C19H32FN3O/c1-5-21-18(22-12-7-8-13-24-6-2)23-15-19(3,4)16-10-9-11-17(20)14-16/h9-11,14H,5-8,12-13,15H2,1-4H3,(H2,21,22,23). The van der Waals surface area contributed by atoms with E-state index >= 15 is 0 Å². The van der Waals surface area contributed by atoms with Crippen molar-refractivity contribution in [1.29, 1.82) is 0 Å². The third-order valence-electron chi connectivity index (χ3n) is 3.79. The number of rotatable bonds is 10. The fourth-order valence-electron chi connectivity index (χ4n) is 2.30. The molecule has 0 saturated heterocycles. The van der Waals surface area contributed by atoms with Crippen LogP contribution >= 0.6 is 0 Å². The lowest BCUT2D eigenvalue weighted by Gasteiger charge is -2.24. The van der Waals surface area contributed by atoms with Gasteiger partial charge in [-0.25, -0.2) is 4.39 Å². The Morgan fingerprint density at radius 2 is 2.00 bits per heavy atom. The molecule has 0 amide bonds. The van der Waals surface area contributed by atoms with E-state index in [0.717, 1.165) is 50.7 Å². The van der Waals surface area contributed by atoms with Gasteiger partial charge in [-0.15, -0.1) is 0 Å². The van der Waals surface area contributed by atoms with Crippen LogP contribution < -0.4 is 10.6 Å². The Morgan fingerprint density at radius 1 is 1.21 bits per heavy atom. The Labute approximate surface area is 145 Å². The number of ether oxygens (including phenoxy) is 1. The molecular formula is C19H32FN3O. The molecule has 24 heavy (non-hydrogen) atoms. The van der Waals surface area contributed by atoms with E-state index in [1.807, 2.05) is 19.9 Å². The SMILES string of the molecule is CCNC(=NCC(C)(C)c1cccc(F)c1)NCCCCOCC. The highest BCUT2D eigenvalue weighted by Gasteiger charge is 2.20. The van der Waals surface area contributed by atoms with Crippen molar-refractivity contribution in [3.8, 4) is 0 Å². The second-order valence-corrected chi connectivity index (χ2v) is 6.42. The number of unbranched alkanes of at least 4 members (excludes halogenated alkanes) is 1. The number of hydrogen-bond acceptors (Lipinski definition) is 2. The third kappa shape index (κ3) is 7.77. The summed E-state index contributed by atoms with van der Waals surface area (Å²) in [5, 5.41) is 6.60. The highest BCUT2D eigenvalue weighted by atomic mass is 19.1. The normalized spacial score (nSPS) is 12.3. The van der Waals surface area contributed by atoms with Gasteiger partial charge in [-0.05, 0) is 44.4 Å². The van der Waals surface area contributed by atoms with E-state index in [4.69, 9.17) is 4.74 Å². The van der Waals surface area contributed by atoms with Gasteiger partial charge in [0.05, 0.1) is 6.54 Å². The summed E-state index contributed by atoms with van der Waals surface area (Å²) < 4.78 is 18.8. The first-order valence-electron chi connectivity index (χ1n) is 8.85. The minimum atomic E-state index is -0.223. The lowest BCUT2D eigenvalue weighted by Crippen LogP contribution is -2.39. The van der Waals surface area contributed by atoms with Crippen molar-refractivity contribution in [2.24, 2.45) is 4.99 Å². The van der Waals surface area contributed by atoms with Crippen molar-refractivity contribution in [1.82, 2.24) is 10.6 Å². The number of aliphatic imine (C=N–C) groups is 1. The maximum absolute atomic E-state index is 13.4. The molecular weight excluding hydrogens is 305 g/mol. The average Bonchev–Trinajstić information content (AvgIpc) is 2.55. The van der Waals surface area contributed by atoms with Gasteiger partial charge in [-0.3, -0.25) is 4.99 Å². The number of halogens is 1. The van der Waals surface area contributed by atoms with Gasteiger partial charge in [0.1, 0.15) is 5.82 Å². The molecule has 1 rings (SSSR count). The second kappa shape index (κ2) is 11.0. The van der Waals surface area contributed by atoms with Crippen molar-refractivity contribution in [3.05, 3.63) is 35.6 Å². The molecule has 1 aromatic rings. The van der Waals surface area contributed by atoms with Crippen LogP contribution in [0, 0.1) is 5.82 Å². The average molecular weight is 337 g/mol. The summed E-state index contributed by atoms with van der Waals surface area (Å²) in [6, 6.07) is 6.75. The maximum atomic E-state index is 13.4. The quantitative estimate of drug-likeness (QED) is 0.390. The predicted molar refractivity (Wildman–Crippen MR) is 99.1 cm³/mol. The summed E-state index contributed by atoms with van der Waals surface area (Å²) >= 11 is 0. The summed E-state index contributed by atoms with van der Waals surface area (Å²) in [4.78, 5) is 4.67. The van der Waals surface area contributed by atoms with Crippen LogP contribution in [0.15, 0.2) is 29.3 Å². The summed E-state index contributed by atoms with van der Waals surface area (Å²) in [7, 11) is 0. The van der Waals surface area contributed by atoms with Crippen LogP contribution in [-0.4, -0.2) is 38.8 Å². The van der Waals surface area contributed by atoms with Crippen LogP contribution in [0.4, 0.5) is 4.39 Å². The lowest BCUT2D eigenvalue weighted by molar-refractivity contribution is 0.143. The number of benzene rings is 1. The molecule has 136 valence electrons. The van der Waals surface area contributed by atoms with Crippen LogP contribution in [-0.2, 0) is 10.2 Å². The fraction of sp³-hybridized carbons (Fsp3) is 0.632. The fourth-order valence-corrected chi connectivity index (χ4v) is 2.30. The van der Waals surface area contributed by atoms with Gasteiger partial charge in [0.15, 0.2) is 5.96 Å². The van der Waals surface area contributed by atoms with Crippen LogP contribution in [0.3, 0.4) is 0 Å². The minimum absolute atomic E-state index is 0.205. The Bertz CT molecular complexity index is 503. The van der Waals surface area contributed by atoms with Crippen molar-refractivity contribution in [2.75, 3.05) is 32.8 Å². The van der Waals surface area contributed by atoms with Crippen LogP contribution in [0.25, 0.3) is 0 Å². The van der Waals surface area contributed by atoms with E-state index in [1.165, 1.54) is 6.07 Å². The molecule has 0 aliphatic heterocycles. The van der Waals surface area contributed by atoms with Crippen LogP contribution in [0.5, 0.6) is 0 Å². The number of nitrogens with one attached hydrogen (secondary N) is 2. The maximum Gasteiger partial charge on any atom is 0.191 e. The Balaban J connectivity index is 2.54. The van der Waals surface area contributed by atoms with Crippen molar-refractivity contribution < 1.29 is 9.13 Å². The molecule has 0 aliphatic rings. The number of nitrogens with zero attached hydrogens (tertiary/aromatic N) is 1. The zero-order valence-electron chi connectivity index (χ0n) is 15.5. The van der Waals surface area contributed by atoms with E-state index in [-0.39, 0.29) is 11.2 Å². The molecule has 0 saturated carbocycles. The molecule has 5 heteroatoms. The smallest absolute Gasteiger partial charge is 0.191 e.